The Morgan fingerprint density at radius 3 is 2.53 bits per heavy atom. The predicted octanol–water partition coefficient (Wildman–Crippen LogP) is 2.34. The lowest BCUT2D eigenvalue weighted by Gasteiger charge is -2.07. The molecular formula is C13H16ClN3O2. The van der Waals surface area contributed by atoms with Gasteiger partial charge in [0.05, 0.1) is 5.52 Å². The van der Waals surface area contributed by atoms with Crippen molar-refractivity contribution in [2.75, 3.05) is 0 Å². The van der Waals surface area contributed by atoms with Crippen molar-refractivity contribution in [1.82, 2.24) is 9.97 Å². The van der Waals surface area contributed by atoms with E-state index in [1.54, 1.807) is 20.0 Å². The van der Waals surface area contributed by atoms with Crippen molar-refractivity contribution >= 4 is 28.5 Å². The summed E-state index contributed by atoms with van der Waals surface area (Å²) in [5, 5.41) is 9.53. The summed E-state index contributed by atoms with van der Waals surface area (Å²) >= 11 is 5.60. The number of benzene rings is 1. The molecule has 1 atom stereocenters. The molecule has 2 aromatic rings. The third-order valence-electron chi connectivity index (χ3n) is 2.46. The van der Waals surface area contributed by atoms with Crippen LogP contribution in [-0.4, -0.2) is 27.1 Å². The first-order valence-electron chi connectivity index (χ1n) is 5.77. The van der Waals surface area contributed by atoms with Gasteiger partial charge in [-0.3, -0.25) is 4.79 Å². The van der Waals surface area contributed by atoms with Crippen LogP contribution >= 0.6 is 11.6 Å². The fraction of sp³-hybridized carbons (Fsp3) is 0.308. The Balaban J connectivity index is 0.000000203. The van der Waals surface area contributed by atoms with E-state index in [2.05, 4.69) is 9.97 Å². The van der Waals surface area contributed by atoms with Gasteiger partial charge in [0.25, 0.3) is 0 Å². The number of hydrogen-bond acceptors (Lipinski definition) is 4. The summed E-state index contributed by atoms with van der Waals surface area (Å²) < 4.78 is 0. The highest BCUT2D eigenvalue weighted by molar-refractivity contribution is 6.28. The zero-order valence-corrected chi connectivity index (χ0v) is 11.5. The van der Waals surface area contributed by atoms with Crippen LogP contribution in [-0.2, 0) is 4.79 Å². The lowest BCUT2D eigenvalue weighted by molar-refractivity contribution is -0.139. The molecule has 1 heterocycles. The summed E-state index contributed by atoms with van der Waals surface area (Å²) in [6, 6.07) is 7.01. The third kappa shape index (κ3) is 4.81. The van der Waals surface area contributed by atoms with Gasteiger partial charge in [0.1, 0.15) is 6.04 Å². The molecule has 2 rings (SSSR count). The first-order chi connectivity index (χ1) is 8.91. The molecule has 0 aliphatic carbocycles. The number of aliphatic carboxylic acids is 1. The van der Waals surface area contributed by atoms with Crippen LogP contribution < -0.4 is 5.73 Å². The molecule has 1 aromatic heterocycles. The number of aromatic nitrogens is 2. The standard InChI is InChI=1S/C8H5ClN2.C5H11NO2/c9-8-10-5-6-3-1-2-4-7(6)11-8;1-3(2)4(6)5(7)8/h1-5H;3-4H,6H2,1-2H3,(H,7,8)/t;4-/m.0/s1. The number of carboxylic acids is 1. The van der Waals surface area contributed by atoms with Crippen LogP contribution in [0.2, 0.25) is 5.28 Å². The highest BCUT2D eigenvalue weighted by Crippen LogP contribution is 2.11. The molecule has 0 aliphatic heterocycles. The maximum absolute atomic E-state index is 10.0. The number of carboxylic acid groups (broad SMARTS) is 1. The maximum atomic E-state index is 10.0. The van der Waals surface area contributed by atoms with E-state index in [-0.39, 0.29) is 5.92 Å². The second-order valence-electron chi connectivity index (χ2n) is 4.31. The van der Waals surface area contributed by atoms with E-state index in [1.807, 2.05) is 24.3 Å². The Hall–Kier alpha value is -1.72. The van der Waals surface area contributed by atoms with Crippen LogP contribution in [0.3, 0.4) is 0 Å². The van der Waals surface area contributed by atoms with Gasteiger partial charge >= 0.3 is 5.97 Å². The Morgan fingerprint density at radius 2 is 2.00 bits per heavy atom. The average molecular weight is 282 g/mol. The highest BCUT2D eigenvalue weighted by Gasteiger charge is 2.14. The molecule has 0 aliphatic rings. The number of hydrogen-bond donors (Lipinski definition) is 2. The molecule has 1 aromatic carbocycles. The van der Waals surface area contributed by atoms with E-state index in [0.717, 1.165) is 10.9 Å². The Morgan fingerprint density at radius 1 is 1.37 bits per heavy atom. The molecule has 0 saturated heterocycles. The van der Waals surface area contributed by atoms with Crippen LogP contribution in [0, 0.1) is 5.92 Å². The monoisotopic (exact) mass is 281 g/mol. The number of nitrogens with two attached hydrogens (primary N) is 1. The fourth-order valence-corrected chi connectivity index (χ4v) is 1.37. The van der Waals surface area contributed by atoms with Gasteiger partial charge in [-0.1, -0.05) is 32.0 Å². The molecule has 0 unspecified atom stereocenters. The summed E-state index contributed by atoms with van der Waals surface area (Å²) in [7, 11) is 0. The molecule has 0 saturated carbocycles. The molecule has 6 heteroatoms. The molecule has 0 radical (unpaired) electrons. The lowest BCUT2D eigenvalue weighted by atomic mass is 10.1. The number of nitrogens with zero attached hydrogens (tertiary/aromatic N) is 2. The SMILES string of the molecule is CC(C)[C@H](N)C(=O)O.Clc1ncc2ccccc2n1. The zero-order chi connectivity index (χ0) is 14.4. The smallest absolute Gasteiger partial charge is 0.320 e. The third-order valence-corrected chi connectivity index (χ3v) is 2.65. The number of fused-ring (bicyclic) bond motifs is 1. The van der Waals surface area contributed by atoms with Gasteiger partial charge in [-0.25, -0.2) is 9.97 Å². The van der Waals surface area contributed by atoms with E-state index in [4.69, 9.17) is 22.4 Å². The lowest BCUT2D eigenvalue weighted by Crippen LogP contribution is -2.34. The normalized spacial score (nSPS) is 11.8. The molecule has 0 bridgehead atoms. The Labute approximate surface area is 116 Å². The predicted molar refractivity (Wildman–Crippen MR) is 75.0 cm³/mol. The minimum Gasteiger partial charge on any atom is -0.480 e. The van der Waals surface area contributed by atoms with Crippen LogP contribution in [0.5, 0.6) is 0 Å². The summed E-state index contributed by atoms with van der Waals surface area (Å²) in [4.78, 5) is 17.9. The molecule has 102 valence electrons. The molecule has 3 N–H and O–H groups in total. The molecule has 0 spiro atoms. The van der Waals surface area contributed by atoms with Crippen molar-refractivity contribution < 1.29 is 9.90 Å². The van der Waals surface area contributed by atoms with Crippen molar-refractivity contribution in [1.29, 1.82) is 0 Å². The van der Waals surface area contributed by atoms with Crippen molar-refractivity contribution in [3.63, 3.8) is 0 Å². The minimum absolute atomic E-state index is 0.0208. The minimum atomic E-state index is -0.931. The molecule has 0 amide bonds. The summed E-state index contributed by atoms with van der Waals surface area (Å²) in [6.07, 6.45) is 1.71. The van der Waals surface area contributed by atoms with Gasteiger partial charge in [0, 0.05) is 11.6 Å². The van der Waals surface area contributed by atoms with E-state index in [1.165, 1.54) is 0 Å². The molecular weight excluding hydrogens is 266 g/mol. The van der Waals surface area contributed by atoms with Crippen molar-refractivity contribution in [2.24, 2.45) is 11.7 Å². The number of rotatable bonds is 2. The van der Waals surface area contributed by atoms with Crippen molar-refractivity contribution in [3.05, 3.63) is 35.7 Å². The van der Waals surface area contributed by atoms with Gasteiger partial charge < -0.3 is 10.8 Å². The van der Waals surface area contributed by atoms with Crippen LogP contribution in [0.1, 0.15) is 13.8 Å². The molecule has 19 heavy (non-hydrogen) atoms. The van der Waals surface area contributed by atoms with Gasteiger partial charge in [0.15, 0.2) is 0 Å². The second-order valence-corrected chi connectivity index (χ2v) is 4.64. The second kappa shape index (κ2) is 7.01. The zero-order valence-electron chi connectivity index (χ0n) is 10.7. The van der Waals surface area contributed by atoms with E-state index >= 15 is 0 Å². The molecule has 0 fully saturated rings. The highest BCUT2D eigenvalue weighted by atomic mass is 35.5. The van der Waals surface area contributed by atoms with Crippen LogP contribution in [0.4, 0.5) is 0 Å². The first-order valence-corrected chi connectivity index (χ1v) is 6.15. The number of halogens is 1. The number of para-hydroxylation sites is 1. The van der Waals surface area contributed by atoms with Gasteiger partial charge in [-0.05, 0) is 23.6 Å². The first kappa shape index (κ1) is 15.3. The van der Waals surface area contributed by atoms with Crippen molar-refractivity contribution in [2.45, 2.75) is 19.9 Å². The van der Waals surface area contributed by atoms with Crippen LogP contribution in [0.25, 0.3) is 10.9 Å². The average Bonchev–Trinajstić information content (AvgIpc) is 2.38. The fourth-order valence-electron chi connectivity index (χ4n) is 1.23. The number of carbonyl (C=O) groups is 1. The largest absolute Gasteiger partial charge is 0.480 e. The summed E-state index contributed by atoms with van der Waals surface area (Å²) in [5.74, 6) is -0.910. The van der Waals surface area contributed by atoms with Crippen LogP contribution in [0.15, 0.2) is 30.5 Å². The van der Waals surface area contributed by atoms with Gasteiger partial charge in [-0.2, -0.15) is 0 Å². The quantitative estimate of drug-likeness (QED) is 0.825. The topological polar surface area (TPSA) is 89.1 Å². The van der Waals surface area contributed by atoms with E-state index in [9.17, 15) is 4.79 Å². The van der Waals surface area contributed by atoms with Crippen molar-refractivity contribution in [3.8, 4) is 0 Å². The van der Waals surface area contributed by atoms with Gasteiger partial charge in [0.2, 0.25) is 5.28 Å². The van der Waals surface area contributed by atoms with E-state index < -0.39 is 12.0 Å². The van der Waals surface area contributed by atoms with Gasteiger partial charge in [-0.15, -0.1) is 0 Å². The summed E-state index contributed by atoms with van der Waals surface area (Å²) in [6.45, 7) is 3.55. The summed E-state index contributed by atoms with van der Waals surface area (Å²) in [5.41, 5.74) is 6.04. The Bertz CT molecular complexity index is 560. The Kier molecular flexibility index (Phi) is 5.66. The maximum Gasteiger partial charge on any atom is 0.320 e. The molecule has 5 nitrogen and oxygen atoms in total. The van der Waals surface area contributed by atoms with E-state index in [0.29, 0.717) is 5.28 Å².